The zero-order valence-corrected chi connectivity index (χ0v) is 41.7. The summed E-state index contributed by atoms with van der Waals surface area (Å²) >= 11 is 1.81. The minimum atomic E-state index is -0.254. The Bertz CT molecular complexity index is 4480. The summed E-state index contributed by atoms with van der Waals surface area (Å²) in [6.45, 7) is 0. The maximum atomic E-state index is 5.65. The van der Waals surface area contributed by atoms with E-state index in [1.54, 1.807) is 0 Å². The minimum absolute atomic E-state index is 0.189. The van der Waals surface area contributed by atoms with E-state index < -0.39 is 0 Å². The third-order valence-electron chi connectivity index (χ3n) is 15.4. The van der Waals surface area contributed by atoms with Crippen molar-refractivity contribution in [2.24, 2.45) is 0 Å². The first-order valence-electron chi connectivity index (χ1n) is 25.9. The van der Waals surface area contributed by atoms with Crippen molar-refractivity contribution in [3.63, 3.8) is 0 Å². The van der Waals surface area contributed by atoms with Crippen molar-refractivity contribution in [3.05, 3.63) is 277 Å². The molecule has 2 unspecified atom stereocenters. The van der Waals surface area contributed by atoms with Gasteiger partial charge in [-0.15, -0.1) is 11.3 Å². The summed E-state index contributed by atoms with van der Waals surface area (Å²) < 4.78 is 7.53. The fourth-order valence-electron chi connectivity index (χ4n) is 12.2. The maximum absolute atomic E-state index is 5.65. The molecule has 4 heterocycles. The lowest BCUT2D eigenvalue weighted by atomic mass is 9.86. The molecule has 0 aliphatic heterocycles. The highest BCUT2D eigenvalue weighted by Crippen LogP contribution is 2.49. The van der Waals surface area contributed by atoms with E-state index in [0.717, 1.165) is 46.6 Å². The van der Waals surface area contributed by atoms with Crippen LogP contribution in [0.4, 0.5) is 0 Å². The molecule has 6 heteroatoms. The van der Waals surface area contributed by atoms with E-state index in [1.165, 1.54) is 86.4 Å². The van der Waals surface area contributed by atoms with Gasteiger partial charge in [0.2, 0.25) is 0 Å². The summed E-state index contributed by atoms with van der Waals surface area (Å²) in [5.74, 6) is 1.81. The van der Waals surface area contributed by atoms with E-state index in [9.17, 15) is 0 Å². The Morgan fingerprint density at radius 3 is 1.93 bits per heavy atom. The van der Waals surface area contributed by atoms with Gasteiger partial charge in [-0.3, -0.25) is 0 Å². The molecule has 2 aliphatic rings. The van der Waals surface area contributed by atoms with Crippen LogP contribution in [-0.4, -0.2) is 24.1 Å². The van der Waals surface area contributed by atoms with Crippen LogP contribution in [0.2, 0.25) is 0 Å². The van der Waals surface area contributed by atoms with Crippen LogP contribution in [0.15, 0.2) is 249 Å². The Labute approximate surface area is 438 Å². The largest absolute Gasteiger partial charge is 0.336 e. The molecular formula is C69H47N5S. The lowest BCUT2D eigenvalue weighted by molar-refractivity contribution is 0.524. The molecule has 4 aromatic heterocycles. The lowest BCUT2D eigenvalue weighted by Crippen LogP contribution is -2.22. The smallest absolute Gasteiger partial charge is 0.164 e. The number of rotatable bonds is 8. The van der Waals surface area contributed by atoms with E-state index in [2.05, 4.69) is 258 Å². The summed E-state index contributed by atoms with van der Waals surface area (Å²) in [6, 6.07) is 80.6. The van der Waals surface area contributed by atoms with Gasteiger partial charge in [0.15, 0.2) is 11.6 Å². The van der Waals surface area contributed by atoms with Gasteiger partial charge in [0.1, 0.15) is 5.82 Å². The van der Waals surface area contributed by atoms with E-state index >= 15 is 0 Å². The van der Waals surface area contributed by atoms with Gasteiger partial charge in [-0.05, 0) is 94.8 Å². The summed E-state index contributed by atoms with van der Waals surface area (Å²) in [5, 5.41) is 6.15. The van der Waals surface area contributed by atoms with Crippen LogP contribution in [0, 0.1) is 0 Å². The second-order valence-corrected chi connectivity index (χ2v) is 20.8. The molecule has 2 aliphatic carbocycles. The predicted molar refractivity (Wildman–Crippen MR) is 312 cm³/mol. The van der Waals surface area contributed by atoms with E-state index in [0.29, 0.717) is 11.6 Å². The van der Waals surface area contributed by atoms with Crippen LogP contribution in [0.5, 0.6) is 0 Å². The normalized spacial score (nSPS) is 15.5. The zero-order chi connectivity index (χ0) is 49.4. The molecule has 15 rings (SSSR count). The van der Waals surface area contributed by atoms with Crippen molar-refractivity contribution in [2.75, 3.05) is 0 Å². The third-order valence-corrected chi connectivity index (χ3v) is 16.6. The first kappa shape index (κ1) is 43.4. The van der Waals surface area contributed by atoms with E-state index in [1.807, 2.05) is 11.3 Å². The fourth-order valence-corrected chi connectivity index (χ4v) is 13.3. The average molecular weight is 978 g/mol. The van der Waals surface area contributed by atoms with Gasteiger partial charge in [-0.25, -0.2) is 15.0 Å². The molecule has 75 heavy (non-hydrogen) atoms. The number of hydrogen-bond donors (Lipinski definition) is 0. The summed E-state index contributed by atoms with van der Waals surface area (Å²) in [6.07, 6.45) is 11.4. The van der Waals surface area contributed by atoms with Crippen molar-refractivity contribution in [1.29, 1.82) is 0 Å². The van der Waals surface area contributed by atoms with Gasteiger partial charge in [-0.1, -0.05) is 200 Å². The van der Waals surface area contributed by atoms with E-state index in [4.69, 9.17) is 15.0 Å². The molecule has 0 N–H and O–H groups in total. The maximum Gasteiger partial charge on any atom is 0.164 e. The second-order valence-electron chi connectivity index (χ2n) is 19.7. The molecule has 13 aromatic rings. The Morgan fingerprint density at radius 1 is 0.467 bits per heavy atom. The van der Waals surface area contributed by atoms with Crippen molar-refractivity contribution >= 4 is 75.4 Å². The van der Waals surface area contributed by atoms with Gasteiger partial charge < -0.3 is 9.13 Å². The Balaban J connectivity index is 0.959. The van der Waals surface area contributed by atoms with Crippen LogP contribution in [-0.2, 0) is 6.42 Å². The fraction of sp³-hybridized carbons (Fsp3) is 0.0580. The highest BCUT2D eigenvalue weighted by atomic mass is 32.1. The molecule has 0 bridgehead atoms. The molecule has 0 amide bonds. The summed E-state index contributed by atoms with van der Waals surface area (Å²) in [5.41, 5.74) is 16.5. The molecule has 9 aromatic carbocycles. The molecule has 354 valence electrons. The topological polar surface area (TPSA) is 48.5 Å². The monoisotopic (exact) mass is 977 g/mol. The van der Waals surface area contributed by atoms with Gasteiger partial charge in [0.25, 0.3) is 0 Å². The van der Waals surface area contributed by atoms with Crippen molar-refractivity contribution in [3.8, 4) is 39.6 Å². The summed E-state index contributed by atoms with van der Waals surface area (Å²) in [4.78, 5) is 16.7. The van der Waals surface area contributed by atoms with Gasteiger partial charge in [0, 0.05) is 69.9 Å². The number of thiophene rings is 1. The Morgan fingerprint density at radius 2 is 1.09 bits per heavy atom. The Kier molecular flexibility index (Phi) is 10.3. The zero-order valence-electron chi connectivity index (χ0n) is 40.9. The van der Waals surface area contributed by atoms with E-state index in [-0.39, 0.29) is 12.0 Å². The lowest BCUT2D eigenvalue weighted by Gasteiger charge is -2.30. The molecular weight excluding hydrogens is 931 g/mol. The Hall–Kier alpha value is -9.23. The molecule has 0 saturated heterocycles. The third kappa shape index (κ3) is 7.16. The highest BCUT2D eigenvalue weighted by Gasteiger charge is 2.34. The molecule has 5 nitrogen and oxygen atoms in total. The number of para-hydroxylation sites is 3. The molecule has 0 spiro atoms. The molecule has 0 fully saturated rings. The standard InChI is InChI=1S/C69H47N5S/c1-4-20-44(21-5-1)46-24-16-25-48(42-46)67-70-68(72-69(71-67)56-33-19-39-63-66(56)55-30-12-15-38-62(55)75-63)54-41-40-47(45-22-6-2-7-23-45)43-61(54)74-58-35-14-11-29-53(58)65-51(32-18-37-60(65)74)50-31-17-36-59-64(50)52-28-10-13-34-57(52)73(59)49-26-8-3-9-27-49/h1-17,19-36,38-43,54,61H,18,37H2. The number of fused-ring (bicyclic) bond motifs is 9. The average Bonchev–Trinajstić information content (AvgIpc) is 4.17. The van der Waals surface area contributed by atoms with Crippen molar-refractivity contribution < 1.29 is 0 Å². The molecule has 0 radical (unpaired) electrons. The van der Waals surface area contributed by atoms with Crippen LogP contribution >= 0.6 is 11.3 Å². The van der Waals surface area contributed by atoms with Gasteiger partial charge in [-0.2, -0.15) is 0 Å². The second kappa shape index (κ2) is 17.8. The number of nitrogens with zero attached hydrogens (tertiary/aromatic N) is 5. The number of benzene rings is 9. The highest BCUT2D eigenvalue weighted by molar-refractivity contribution is 7.25. The van der Waals surface area contributed by atoms with Crippen LogP contribution in [0.1, 0.15) is 46.6 Å². The number of aromatic nitrogens is 5. The first-order chi connectivity index (χ1) is 37.2. The van der Waals surface area contributed by atoms with Crippen molar-refractivity contribution in [2.45, 2.75) is 24.8 Å². The van der Waals surface area contributed by atoms with Gasteiger partial charge >= 0.3 is 0 Å². The molecule has 2 atom stereocenters. The number of hydrogen-bond acceptors (Lipinski definition) is 4. The SMILES string of the molecule is C1=CC(c2nc(-c3cccc(-c4ccccc4)c3)nc(-c3cccc4sc5ccccc5c34)n2)C(n2c3c(c4ccccc42)C(c2cccc4c2c2ccccc2n4-c2ccccc2)=CCC3)C=C1c1ccccc1. The van der Waals surface area contributed by atoms with Gasteiger partial charge in [0.05, 0.1) is 23.0 Å². The first-order valence-corrected chi connectivity index (χ1v) is 26.7. The van der Waals surface area contributed by atoms with Crippen LogP contribution < -0.4 is 0 Å². The molecule has 0 saturated carbocycles. The quantitative estimate of drug-likeness (QED) is 0.152. The van der Waals surface area contributed by atoms with Crippen molar-refractivity contribution in [1.82, 2.24) is 24.1 Å². The number of allylic oxidation sites excluding steroid dienone is 5. The summed E-state index contributed by atoms with van der Waals surface area (Å²) in [7, 11) is 0. The predicted octanol–water partition coefficient (Wildman–Crippen LogP) is 17.6. The van der Waals surface area contributed by atoms with Crippen LogP contribution in [0.25, 0.3) is 104 Å². The minimum Gasteiger partial charge on any atom is -0.336 e. The van der Waals surface area contributed by atoms with Crippen LogP contribution in [0.3, 0.4) is 0 Å².